The van der Waals surface area contributed by atoms with Crippen molar-refractivity contribution in [3.63, 3.8) is 0 Å². The van der Waals surface area contributed by atoms with Crippen molar-refractivity contribution in [3.05, 3.63) is 36.0 Å². The van der Waals surface area contributed by atoms with Crippen LogP contribution < -0.4 is 22.1 Å². The Bertz CT molecular complexity index is 947. The number of aliphatic carboxylic acids is 1. The predicted molar refractivity (Wildman–Crippen MR) is 118 cm³/mol. The number of primary amides is 1. The molecule has 2 aromatic rings. The first-order chi connectivity index (χ1) is 14.7. The van der Waals surface area contributed by atoms with E-state index in [1.165, 1.54) is 11.8 Å². The summed E-state index contributed by atoms with van der Waals surface area (Å²) in [6.07, 6.45) is 3.46. The molecule has 168 valence electrons. The van der Waals surface area contributed by atoms with Gasteiger partial charge in [-0.15, -0.1) is 0 Å². The molecule has 1 heterocycles. The number of carbonyl (C=O) groups is 4. The number of para-hydroxylation sites is 1. The fourth-order valence-electron chi connectivity index (χ4n) is 3.06. The lowest BCUT2D eigenvalue weighted by Crippen LogP contribution is -2.55. The van der Waals surface area contributed by atoms with Gasteiger partial charge in [0, 0.05) is 23.5 Å². The predicted octanol–water partition coefficient (Wildman–Crippen LogP) is -0.280. The van der Waals surface area contributed by atoms with Crippen LogP contribution in [0.25, 0.3) is 10.9 Å². The number of fused-ring (bicyclic) bond motifs is 1. The Morgan fingerprint density at radius 2 is 1.81 bits per heavy atom. The second-order valence-corrected chi connectivity index (χ2v) is 8.07. The third-order valence-electron chi connectivity index (χ3n) is 4.72. The van der Waals surface area contributed by atoms with Gasteiger partial charge in [-0.25, -0.2) is 4.79 Å². The Morgan fingerprint density at radius 3 is 2.45 bits per heavy atom. The molecule has 11 heteroatoms. The second kappa shape index (κ2) is 11.4. The van der Waals surface area contributed by atoms with Gasteiger partial charge >= 0.3 is 5.97 Å². The number of aromatic amines is 1. The molecule has 3 atom stereocenters. The first-order valence-corrected chi connectivity index (χ1v) is 11.0. The third-order valence-corrected chi connectivity index (χ3v) is 5.37. The summed E-state index contributed by atoms with van der Waals surface area (Å²) in [6, 6.07) is 3.91. The zero-order chi connectivity index (χ0) is 23.0. The molecule has 1 aromatic heterocycles. The average molecular weight is 450 g/mol. The van der Waals surface area contributed by atoms with Crippen LogP contribution >= 0.6 is 11.8 Å². The number of thioether (sulfide) groups is 1. The topological polar surface area (TPSA) is 180 Å². The summed E-state index contributed by atoms with van der Waals surface area (Å²) in [5, 5.41) is 15.2. The number of amides is 3. The summed E-state index contributed by atoms with van der Waals surface area (Å²) in [6.45, 7) is 0. The molecule has 0 saturated heterocycles. The van der Waals surface area contributed by atoms with E-state index in [2.05, 4.69) is 15.6 Å². The molecule has 0 radical (unpaired) electrons. The molecule has 8 N–H and O–H groups in total. The summed E-state index contributed by atoms with van der Waals surface area (Å²) < 4.78 is 0. The summed E-state index contributed by atoms with van der Waals surface area (Å²) in [4.78, 5) is 51.2. The number of hydrogen-bond donors (Lipinski definition) is 6. The van der Waals surface area contributed by atoms with Crippen molar-refractivity contribution < 1.29 is 24.3 Å². The Balaban J connectivity index is 2.11. The van der Waals surface area contributed by atoms with Crippen molar-refractivity contribution in [1.29, 1.82) is 0 Å². The van der Waals surface area contributed by atoms with Gasteiger partial charge in [-0.1, -0.05) is 18.2 Å². The number of carboxylic acid groups (broad SMARTS) is 1. The highest BCUT2D eigenvalue weighted by molar-refractivity contribution is 7.98. The molecule has 1 aromatic carbocycles. The van der Waals surface area contributed by atoms with Crippen molar-refractivity contribution in [3.8, 4) is 0 Å². The molecule has 0 aliphatic heterocycles. The average Bonchev–Trinajstić information content (AvgIpc) is 3.13. The first-order valence-electron chi connectivity index (χ1n) is 9.64. The van der Waals surface area contributed by atoms with E-state index in [0.717, 1.165) is 10.9 Å². The molecular weight excluding hydrogens is 422 g/mol. The minimum absolute atomic E-state index is 0.00949. The number of rotatable bonds is 12. The number of benzene rings is 1. The van der Waals surface area contributed by atoms with Crippen molar-refractivity contribution >= 4 is 46.4 Å². The van der Waals surface area contributed by atoms with E-state index in [-0.39, 0.29) is 6.42 Å². The number of H-pyrrole nitrogens is 1. The van der Waals surface area contributed by atoms with Crippen LogP contribution in [0.3, 0.4) is 0 Å². The lowest BCUT2D eigenvalue weighted by molar-refractivity contribution is -0.142. The molecular formula is C20H27N5O5S. The number of nitrogens with two attached hydrogens (primary N) is 2. The van der Waals surface area contributed by atoms with E-state index in [1.54, 1.807) is 6.20 Å². The number of carbonyl (C=O) groups excluding carboxylic acids is 3. The molecule has 0 aliphatic rings. The van der Waals surface area contributed by atoms with Gasteiger partial charge in [-0.3, -0.25) is 14.4 Å². The number of nitrogens with one attached hydrogen (secondary N) is 3. The SMILES string of the molecule is CSCC[C@H](N)C(=O)N[C@@H](CC(N)=O)C(=O)N[C@@H](Cc1c[nH]c2ccccc12)C(=O)O. The molecule has 31 heavy (non-hydrogen) atoms. The summed E-state index contributed by atoms with van der Waals surface area (Å²) in [5.41, 5.74) is 12.6. The third kappa shape index (κ3) is 7.00. The highest BCUT2D eigenvalue weighted by Crippen LogP contribution is 2.19. The zero-order valence-corrected chi connectivity index (χ0v) is 17.9. The number of aromatic nitrogens is 1. The molecule has 0 spiro atoms. The normalized spacial score (nSPS) is 13.9. The van der Waals surface area contributed by atoms with Crippen LogP contribution in [0.2, 0.25) is 0 Å². The van der Waals surface area contributed by atoms with Crippen LogP contribution in [-0.4, -0.2) is 63.9 Å². The Hall–Kier alpha value is -3.05. The van der Waals surface area contributed by atoms with Crippen molar-refractivity contribution in [2.24, 2.45) is 11.5 Å². The number of hydrogen-bond acceptors (Lipinski definition) is 6. The van der Waals surface area contributed by atoms with Gasteiger partial charge in [-0.05, 0) is 30.1 Å². The van der Waals surface area contributed by atoms with Crippen molar-refractivity contribution in [2.45, 2.75) is 37.4 Å². The highest BCUT2D eigenvalue weighted by atomic mass is 32.2. The standard InChI is InChI=1S/C20H27N5O5S/c1-31-7-6-13(21)18(27)24-15(9-17(22)26)19(28)25-16(20(29)30)8-11-10-23-14-5-3-2-4-12(11)14/h2-5,10,13,15-16,23H,6-9,21H2,1H3,(H2,22,26)(H,24,27)(H,25,28)(H,29,30)/t13-,15-,16-/m0/s1. The first kappa shape index (κ1) is 24.2. The van der Waals surface area contributed by atoms with Crippen molar-refractivity contribution in [2.75, 3.05) is 12.0 Å². The van der Waals surface area contributed by atoms with Crippen molar-refractivity contribution in [1.82, 2.24) is 15.6 Å². The van der Waals surface area contributed by atoms with Gasteiger partial charge in [0.1, 0.15) is 12.1 Å². The van der Waals surface area contributed by atoms with Gasteiger partial charge in [0.25, 0.3) is 0 Å². The van der Waals surface area contributed by atoms with Crippen LogP contribution in [0.4, 0.5) is 0 Å². The van der Waals surface area contributed by atoms with E-state index in [4.69, 9.17) is 11.5 Å². The second-order valence-electron chi connectivity index (χ2n) is 7.08. The number of carboxylic acids is 1. The Kier molecular flexibility index (Phi) is 8.88. The molecule has 10 nitrogen and oxygen atoms in total. The highest BCUT2D eigenvalue weighted by Gasteiger charge is 2.29. The van der Waals surface area contributed by atoms with E-state index >= 15 is 0 Å². The van der Waals surface area contributed by atoms with E-state index in [0.29, 0.717) is 17.7 Å². The van der Waals surface area contributed by atoms with Crippen LogP contribution in [0, 0.1) is 0 Å². The maximum Gasteiger partial charge on any atom is 0.326 e. The Labute approximate surface area is 183 Å². The maximum atomic E-state index is 12.7. The largest absolute Gasteiger partial charge is 0.480 e. The summed E-state index contributed by atoms with van der Waals surface area (Å²) >= 11 is 1.52. The van der Waals surface area contributed by atoms with Crippen LogP contribution in [0.15, 0.2) is 30.5 Å². The summed E-state index contributed by atoms with van der Waals surface area (Å²) in [7, 11) is 0. The van der Waals surface area contributed by atoms with E-state index in [1.807, 2.05) is 30.5 Å². The van der Waals surface area contributed by atoms with Gasteiger partial charge in [0.2, 0.25) is 17.7 Å². The molecule has 0 unspecified atom stereocenters. The quantitative estimate of drug-likeness (QED) is 0.258. The minimum atomic E-state index is -1.32. The molecule has 0 aliphatic carbocycles. The van der Waals surface area contributed by atoms with Gasteiger partial charge in [0.05, 0.1) is 12.5 Å². The molecule has 3 amide bonds. The molecule has 0 fully saturated rings. The minimum Gasteiger partial charge on any atom is -0.480 e. The van der Waals surface area contributed by atoms with Crippen LogP contribution in [-0.2, 0) is 25.6 Å². The smallest absolute Gasteiger partial charge is 0.326 e. The lowest BCUT2D eigenvalue weighted by Gasteiger charge is -2.22. The van der Waals surface area contributed by atoms with E-state index < -0.39 is 48.2 Å². The van der Waals surface area contributed by atoms with Gasteiger partial charge < -0.3 is 32.2 Å². The monoisotopic (exact) mass is 449 g/mol. The molecule has 2 rings (SSSR count). The van der Waals surface area contributed by atoms with E-state index in [9.17, 15) is 24.3 Å². The molecule has 0 bridgehead atoms. The van der Waals surface area contributed by atoms with Gasteiger partial charge in [-0.2, -0.15) is 11.8 Å². The lowest BCUT2D eigenvalue weighted by atomic mass is 10.0. The van der Waals surface area contributed by atoms with Crippen LogP contribution in [0.5, 0.6) is 0 Å². The molecule has 0 saturated carbocycles. The fraction of sp³-hybridized carbons (Fsp3) is 0.400. The maximum absolute atomic E-state index is 12.7. The Morgan fingerprint density at radius 1 is 1.13 bits per heavy atom. The summed E-state index contributed by atoms with van der Waals surface area (Å²) in [5.74, 6) is -2.86. The van der Waals surface area contributed by atoms with Crippen LogP contribution in [0.1, 0.15) is 18.4 Å². The fourth-order valence-corrected chi connectivity index (χ4v) is 3.55. The van der Waals surface area contributed by atoms with Gasteiger partial charge in [0.15, 0.2) is 0 Å². The zero-order valence-electron chi connectivity index (χ0n) is 17.1.